The number of fused-ring (bicyclic) bond motifs is 1. The Hall–Kier alpha value is -3.87. The zero-order chi connectivity index (χ0) is 23.2. The fourth-order valence-corrected chi connectivity index (χ4v) is 4.12. The summed E-state index contributed by atoms with van der Waals surface area (Å²) in [7, 11) is 3.10. The second-order valence-corrected chi connectivity index (χ2v) is 7.94. The van der Waals surface area contributed by atoms with E-state index in [1.165, 1.54) is 0 Å². The van der Waals surface area contributed by atoms with E-state index in [9.17, 15) is 9.59 Å². The van der Waals surface area contributed by atoms with Gasteiger partial charge in [-0.25, -0.2) is 5.43 Å². The lowest BCUT2D eigenvalue weighted by Crippen LogP contribution is -2.42. The van der Waals surface area contributed by atoms with E-state index in [-0.39, 0.29) is 17.7 Å². The Morgan fingerprint density at radius 1 is 0.970 bits per heavy atom. The molecule has 170 valence electrons. The van der Waals surface area contributed by atoms with Crippen molar-refractivity contribution in [3.63, 3.8) is 0 Å². The minimum Gasteiger partial charge on any atom is -0.493 e. The summed E-state index contributed by atoms with van der Waals surface area (Å²) in [6, 6.07) is 19.2. The van der Waals surface area contributed by atoms with Crippen molar-refractivity contribution in [1.82, 2.24) is 10.3 Å². The molecule has 4 rings (SSSR count). The van der Waals surface area contributed by atoms with Gasteiger partial charge in [-0.3, -0.25) is 9.59 Å². The number of piperidine rings is 1. The second-order valence-electron chi connectivity index (χ2n) is 7.94. The van der Waals surface area contributed by atoms with Crippen molar-refractivity contribution in [2.24, 2.45) is 11.0 Å². The summed E-state index contributed by atoms with van der Waals surface area (Å²) in [6.07, 6.45) is 2.86. The molecule has 0 spiro atoms. The summed E-state index contributed by atoms with van der Waals surface area (Å²) in [6.45, 7) is 1.02. The molecule has 0 unspecified atom stereocenters. The first-order chi connectivity index (χ1) is 16.1. The van der Waals surface area contributed by atoms with Crippen LogP contribution in [0, 0.1) is 5.92 Å². The maximum absolute atomic E-state index is 12.9. The van der Waals surface area contributed by atoms with Crippen LogP contribution in [0.15, 0.2) is 65.8 Å². The number of nitrogens with zero attached hydrogens (tertiary/aromatic N) is 2. The molecule has 0 atom stereocenters. The predicted molar refractivity (Wildman–Crippen MR) is 128 cm³/mol. The summed E-state index contributed by atoms with van der Waals surface area (Å²) < 4.78 is 10.5. The third-order valence-electron chi connectivity index (χ3n) is 5.99. The number of likely N-dealkylation sites (tertiary alicyclic amines) is 1. The number of nitrogens with one attached hydrogen (secondary N) is 1. The Labute approximate surface area is 193 Å². The molecular formula is C26H27N3O4. The number of carbonyl (C=O) groups excluding carboxylic acids is 2. The van der Waals surface area contributed by atoms with E-state index in [0.717, 1.165) is 16.3 Å². The van der Waals surface area contributed by atoms with E-state index >= 15 is 0 Å². The molecule has 0 radical (unpaired) electrons. The topological polar surface area (TPSA) is 80.2 Å². The Morgan fingerprint density at radius 2 is 1.70 bits per heavy atom. The van der Waals surface area contributed by atoms with E-state index in [4.69, 9.17) is 9.47 Å². The van der Waals surface area contributed by atoms with Crippen molar-refractivity contribution >= 4 is 28.8 Å². The van der Waals surface area contributed by atoms with Crippen molar-refractivity contribution in [1.29, 1.82) is 0 Å². The largest absolute Gasteiger partial charge is 0.493 e. The van der Waals surface area contributed by atoms with E-state index in [1.54, 1.807) is 43.5 Å². The molecule has 3 aromatic rings. The van der Waals surface area contributed by atoms with Gasteiger partial charge >= 0.3 is 0 Å². The van der Waals surface area contributed by atoms with Crippen LogP contribution in [0.4, 0.5) is 0 Å². The van der Waals surface area contributed by atoms with Gasteiger partial charge in [-0.1, -0.05) is 42.5 Å². The van der Waals surface area contributed by atoms with Crippen LogP contribution in [-0.4, -0.2) is 50.2 Å². The van der Waals surface area contributed by atoms with E-state index < -0.39 is 0 Å². The van der Waals surface area contributed by atoms with E-state index in [1.807, 2.05) is 42.5 Å². The van der Waals surface area contributed by atoms with Crippen molar-refractivity contribution < 1.29 is 19.1 Å². The van der Waals surface area contributed by atoms with Gasteiger partial charge in [0.25, 0.3) is 5.91 Å². The highest BCUT2D eigenvalue weighted by molar-refractivity contribution is 6.00. The summed E-state index contributed by atoms with van der Waals surface area (Å²) in [5.74, 6) is 0.716. The molecule has 0 bridgehead atoms. The Kier molecular flexibility index (Phi) is 6.88. The molecule has 1 saturated heterocycles. The van der Waals surface area contributed by atoms with Crippen molar-refractivity contribution in [3.05, 3.63) is 71.8 Å². The highest BCUT2D eigenvalue weighted by atomic mass is 16.5. The van der Waals surface area contributed by atoms with Crippen LogP contribution in [0.1, 0.15) is 28.8 Å². The number of amides is 2. The van der Waals surface area contributed by atoms with Crippen LogP contribution in [0.3, 0.4) is 0 Å². The molecule has 1 aliphatic rings. The Balaban J connectivity index is 1.32. The molecule has 2 amide bonds. The molecule has 1 heterocycles. The van der Waals surface area contributed by atoms with Gasteiger partial charge in [0.2, 0.25) is 5.91 Å². The van der Waals surface area contributed by atoms with Gasteiger partial charge in [-0.15, -0.1) is 0 Å². The molecule has 1 N–H and O–H groups in total. The number of carbonyl (C=O) groups is 2. The number of benzene rings is 3. The van der Waals surface area contributed by atoms with Gasteiger partial charge in [-0.05, 0) is 41.8 Å². The average Bonchev–Trinajstić information content (AvgIpc) is 2.88. The minimum absolute atomic E-state index is 0.0798. The third-order valence-corrected chi connectivity index (χ3v) is 5.99. The summed E-state index contributed by atoms with van der Waals surface area (Å²) in [4.78, 5) is 27.2. The lowest BCUT2D eigenvalue weighted by Gasteiger charge is -2.31. The van der Waals surface area contributed by atoms with Crippen molar-refractivity contribution in [2.45, 2.75) is 12.8 Å². The lowest BCUT2D eigenvalue weighted by atomic mass is 9.95. The van der Waals surface area contributed by atoms with Crippen LogP contribution in [0.5, 0.6) is 11.5 Å². The third kappa shape index (κ3) is 4.98. The van der Waals surface area contributed by atoms with E-state index in [0.29, 0.717) is 43.0 Å². The summed E-state index contributed by atoms with van der Waals surface area (Å²) in [5, 5.41) is 6.38. The minimum atomic E-state index is -0.177. The van der Waals surface area contributed by atoms with E-state index in [2.05, 4.69) is 10.5 Å². The van der Waals surface area contributed by atoms with Crippen LogP contribution in [-0.2, 0) is 4.79 Å². The van der Waals surface area contributed by atoms with Gasteiger partial charge in [0, 0.05) is 30.1 Å². The van der Waals surface area contributed by atoms with Gasteiger partial charge in [0.15, 0.2) is 11.5 Å². The first-order valence-corrected chi connectivity index (χ1v) is 10.9. The maximum atomic E-state index is 12.9. The van der Waals surface area contributed by atoms with Crippen LogP contribution in [0.2, 0.25) is 0 Å². The molecule has 7 heteroatoms. The van der Waals surface area contributed by atoms with Crippen molar-refractivity contribution in [3.8, 4) is 11.5 Å². The molecule has 33 heavy (non-hydrogen) atoms. The molecule has 0 aromatic heterocycles. The fourth-order valence-electron chi connectivity index (χ4n) is 4.12. The van der Waals surface area contributed by atoms with Crippen LogP contribution in [0.25, 0.3) is 10.8 Å². The Bertz CT molecular complexity index is 1180. The number of methoxy groups -OCH3 is 2. The van der Waals surface area contributed by atoms with Gasteiger partial charge < -0.3 is 14.4 Å². The number of ether oxygens (including phenoxy) is 2. The standard InChI is InChI=1S/C26H27N3O4/c1-32-23-11-10-20(16-24(23)33-2)26(31)29-14-12-19(13-15-29)25(30)28-27-17-21-8-5-7-18-6-3-4-9-22(18)21/h3-11,16-17,19H,12-15H2,1-2H3,(H,28,30)/b27-17-. The molecule has 0 aliphatic carbocycles. The molecule has 1 aliphatic heterocycles. The lowest BCUT2D eigenvalue weighted by molar-refractivity contribution is -0.126. The molecule has 3 aromatic carbocycles. The zero-order valence-electron chi connectivity index (χ0n) is 18.8. The molecule has 1 fully saturated rings. The highest BCUT2D eigenvalue weighted by Crippen LogP contribution is 2.29. The highest BCUT2D eigenvalue weighted by Gasteiger charge is 2.28. The SMILES string of the molecule is COc1ccc(C(=O)N2CCC(C(=O)N/N=C\c3cccc4ccccc34)CC2)cc1OC. The smallest absolute Gasteiger partial charge is 0.253 e. The number of rotatable bonds is 6. The molecular weight excluding hydrogens is 418 g/mol. The Morgan fingerprint density at radius 3 is 2.45 bits per heavy atom. The van der Waals surface area contributed by atoms with Crippen LogP contribution >= 0.6 is 0 Å². The first kappa shape index (κ1) is 22.3. The fraction of sp³-hybridized carbons (Fsp3) is 0.269. The predicted octanol–water partition coefficient (Wildman–Crippen LogP) is 3.86. The normalized spacial score (nSPS) is 14.4. The second kappa shape index (κ2) is 10.2. The zero-order valence-corrected chi connectivity index (χ0v) is 18.8. The summed E-state index contributed by atoms with van der Waals surface area (Å²) >= 11 is 0. The molecule has 7 nitrogen and oxygen atoms in total. The number of hydrogen-bond donors (Lipinski definition) is 1. The van der Waals surface area contributed by atoms with Crippen LogP contribution < -0.4 is 14.9 Å². The van der Waals surface area contributed by atoms with Gasteiger partial charge in [-0.2, -0.15) is 5.10 Å². The number of hydrogen-bond acceptors (Lipinski definition) is 5. The summed E-state index contributed by atoms with van der Waals surface area (Å²) in [5.41, 5.74) is 4.15. The van der Waals surface area contributed by atoms with Gasteiger partial charge in [0.05, 0.1) is 20.4 Å². The monoisotopic (exact) mass is 445 g/mol. The van der Waals surface area contributed by atoms with Gasteiger partial charge in [0.1, 0.15) is 0 Å². The number of hydrazone groups is 1. The quantitative estimate of drug-likeness (QED) is 0.462. The average molecular weight is 446 g/mol. The van der Waals surface area contributed by atoms with Crippen molar-refractivity contribution in [2.75, 3.05) is 27.3 Å². The molecule has 0 saturated carbocycles. The maximum Gasteiger partial charge on any atom is 0.253 e. The first-order valence-electron chi connectivity index (χ1n) is 10.9.